The second kappa shape index (κ2) is 9.41. The number of thioether (sulfide) groups is 1. The van der Waals surface area contributed by atoms with Crippen LogP contribution in [0.1, 0.15) is 24.8 Å². The number of methoxy groups -OCH3 is 1. The molecule has 0 atom stereocenters. The molecule has 7 nitrogen and oxygen atoms in total. The zero-order valence-corrected chi connectivity index (χ0v) is 17.6. The van der Waals surface area contributed by atoms with Crippen LogP contribution in [0.3, 0.4) is 0 Å². The Bertz CT molecular complexity index is 845. The highest BCUT2D eigenvalue weighted by Crippen LogP contribution is 2.33. The number of aliphatic carboxylic acids is 1. The molecule has 2 aliphatic rings. The number of carbonyl (C=O) groups excluding carboxylic acids is 2. The maximum atomic E-state index is 12.7. The molecule has 29 heavy (non-hydrogen) atoms. The Balaban J connectivity index is 1.55. The Morgan fingerprint density at radius 1 is 1.28 bits per heavy atom. The number of ether oxygens (including phenoxy) is 1. The lowest BCUT2D eigenvalue weighted by Gasteiger charge is -2.30. The van der Waals surface area contributed by atoms with Crippen LogP contribution in [-0.2, 0) is 14.4 Å². The highest BCUT2D eigenvalue weighted by atomic mass is 32.2. The van der Waals surface area contributed by atoms with Crippen molar-refractivity contribution in [3.8, 4) is 5.75 Å². The summed E-state index contributed by atoms with van der Waals surface area (Å²) in [5, 5.41) is 9.05. The molecule has 0 spiro atoms. The van der Waals surface area contributed by atoms with E-state index in [1.54, 1.807) is 18.1 Å². The van der Waals surface area contributed by atoms with Gasteiger partial charge in [0.1, 0.15) is 10.1 Å². The lowest BCUT2D eigenvalue weighted by atomic mass is 9.97. The number of amides is 2. The number of thiocarbonyl (C=S) groups is 1. The van der Waals surface area contributed by atoms with E-state index in [9.17, 15) is 14.4 Å². The summed E-state index contributed by atoms with van der Waals surface area (Å²) in [6, 6.07) is 7.35. The third kappa shape index (κ3) is 5.16. The molecule has 0 radical (unpaired) electrons. The fourth-order valence-corrected chi connectivity index (χ4v) is 4.59. The van der Waals surface area contributed by atoms with Crippen molar-refractivity contribution in [2.24, 2.45) is 5.92 Å². The van der Waals surface area contributed by atoms with E-state index in [-0.39, 0.29) is 30.7 Å². The van der Waals surface area contributed by atoms with Crippen molar-refractivity contribution >= 4 is 52.2 Å². The van der Waals surface area contributed by atoms with Gasteiger partial charge in [-0.2, -0.15) is 0 Å². The van der Waals surface area contributed by atoms with Crippen molar-refractivity contribution in [1.29, 1.82) is 0 Å². The zero-order valence-electron chi connectivity index (χ0n) is 16.0. The average molecular weight is 435 g/mol. The Hall–Kier alpha value is -2.39. The summed E-state index contributed by atoms with van der Waals surface area (Å²) in [6.45, 7) is 1.10. The van der Waals surface area contributed by atoms with Gasteiger partial charge in [-0.1, -0.05) is 36.1 Å². The fraction of sp³-hybridized carbons (Fsp3) is 0.400. The monoisotopic (exact) mass is 434 g/mol. The molecular weight excluding hydrogens is 412 g/mol. The van der Waals surface area contributed by atoms with Crippen molar-refractivity contribution in [1.82, 2.24) is 9.80 Å². The van der Waals surface area contributed by atoms with Crippen molar-refractivity contribution in [2.75, 3.05) is 26.7 Å². The van der Waals surface area contributed by atoms with E-state index in [2.05, 4.69) is 0 Å². The molecule has 0 saturated carbocycles. The smallest absolute Gasteiger partial charge is 0.306 e. The summed E-state index contributed by atoms with van der Waals surface area (Å²) in [5.74, 6) is -0.733. The van der Waals surface area contributed by atoms with Gasteiger partial charge in [-0.15, -0.1) is 0 Å². The molecule has 2 heterocycles. The minimum absolute atomic E-state index is 0.0815. The first-order valence-corrected chi connectivity index (χ1v) is 10.5. The van der Waals surface area contributed by atoms with Crippen LogP contribution in [0, 0.1) is 5.92 Å². The van der Waals surface area contributed by atoms with E-state index in [0.29, 0.717) is 35.2 Å². The van der Waals surface area contributed by atoms with Gasteiger partial charge < -0.3 is 14.7 Å². The molecule has 1 aromatic carbocycles. The summed E-state index contributed by atoms with van der Waals surface area (Å²) >= 11 is 6.54. The number of carbonyl (C=O) groups is 3. The largest absolute Gasteiger partial charge is 0.497 e. The number of carboxylic acids is 1. The van der Waals surface area contributed by atoms with E-state index in [1.807, 2.05) is 24.3 Å². The van der Waals surface area contributed by atoms with Gasteiger partial charge in [-0.05, 0) is 36.6 Å². The van der Waals surface area contributed by atoms with Crippen LogP contribution in [0.5, 0.6) is 5.75 Å². The van der Waals surface area contributed by atoms with Gasteiger partial charge in [0.05, 0.1) is 17.9 Å². The predicted octanol–water partition coefficient (Wildman–Crippen LogP) is 2.61. The quantitative estimate of drug-likeness (QED) is 0.544. The molecule has 2 aliphatic heterocycles. The molecule has 3 rings (SSSR count). The molecule has 1 N–H and O–H groups in total. The molecule has 2 saturated heterocycles. The second-order valence-electron chi connectivity index (χ2n) is 6.85. The van der Waals surface area contributed by atoms with Crippen molar-refractivity contribution in [3.05, 3.63) is 34.7 Å². The maximum absolute atomic E-state index is 12.7. The molecule has 2 fully saturated rings. The van der Waals surface area contributed by atoms with Gasteiger partial charge >= 0.3 is 5.97 Å². The van der Waals surface area contributed by atoms with Crippen LogP contribution in [0.4, 0.5) is 0 Å². The number of piperidine rings is 1. The van der Waals surface area contributed by atoms with Gasteiger partial charge in [0.2, 0.25) is 5.91 Å². The Labute approximate surface area is 178 Å². The summed E-state index contributed by atoms with van der Waals surface area (Å²) in [6.07, 6.45) is 2.87. The predicted molar refractivity (Wildman–Crippen MR) is 114 cm³/mol. The average Bonchev–Trinajstić information content (AvgIpc) is 2.99. The number of hydrogen-bond acceptors (Lipinski definition) is 6. The fourth-order valence-electron chi connectivity index (χ4n) is 3.29. The van der Waals surface area contributed by atoms with Crippen molar-refractivity contribution < 1.29 is 24.2 Å². The SMILES string of the molecule is COc1ccc(/C=C2\SC(=S)N(CCC(=O)N3CCC(C(=O)O)CC3)C2=O)cc1. The molecule has 9 heteroatoms. The second-order valence-corrected chi connectivity index (χ2v) is 8.53. The van der Waals surface area contributed by atoms with Gasteiger partial charge in [-0.25, -0.2) is 0 Å². The molecular formula is C20H22N2O5S2. The third-order valence-corrected chi connectivity index (χ3v) is 6.41. The van der Waals surface area contributed by atoms with Crippen LogP contribution >= 0.6 is 24.0 Å². The molecule has 154 valence electrons. The standard InChI is InChI=1S/C20H22N2O5S2/c1-27-15-4-2-13(3-5-15)12-16-18(24)22(20(28)29-16)11-8-17(23)21-9-6-14(7-10-21)19(25)26/h2-5,12,14H,6-11H2,1H3,(H,25,26)/b16-12-. The summed E-state index contributed by atoms with van der Waals surface area (Å²) in [7, 11) is 1.59. The number of benzene rings is 1. The maximum Gasteiger partial charge on any atom is 0.306 e. The zero-order chi connectivity index (χ0) is 21.0. The molecule has 0 aromatic heterocycles. The van der Waals surface area contributed by atoms with Crippen LogP contribution in [0.15, 0.2) is 29.2 Å². The van der Waals surface area contributed by atoms with Crippen LogP contribution in [0.25, 0.3) is 6.08 Å². The molecule has 1 aromatic rings. The Morgan fingerprint density at radius 3 is 2.52 bits per heavy atom. The highest BCUT2D eigenvalue weighted by Gasteiger charge is 2.33. The van der Waals surface area contributed by atoms with E-state index in [0.717, 1.165) is 11.3 Å². The van der Waals surface area contributed by atoms with E-state index < -0.39 is 5.97 Å². The summed E-state index contributed by atoms with van der Waals surface area (Å²) in [4.78, 5) is 39.8. The number of carboxylic acid groups (broad SMARTS) is 1. The Morgan fingerprint density at radius 2 is 1.93 bits per heavy atom. The topological polar surface area (TPSA) is 87.2 Å². The number of nitrogens with zero attached hydrogens (tertiary/aromatic N) is 2. The minimum atomic E-state index is -0.807. The van der Waals surface area contributed by atoms with Gasteiger partial charge in [0.15, 0.2) is 0 Å². The number of rotatable bonds is 6. The number of hydrogen-bond donors (Lipinski definition) is 1. The molecule has 2 amide bonds. The van der Waals surface area contributed by atoms with Crippen molar-refractivity contribution in [3.63, 3.8) is 0 Å². The highest BCUT2D eigenvalue weighted by molar-refractivity contribution is 8.26. The lowest BCUT2D eigenvalue weighted by molar-refractivity contribution is -0.145. The van der Waals surface area contributed by atoms with Gasteiger partial charge in [-0.3, -0.25) is 19.3 Å². The number of likely N-dealkylation sites (tertiary alicyclic amines) is 1. The molecule has 0 bridgehead atoms. The van der Waals surface area contributed by atoms with E-state index >= 15 is 0 Å². The van der Waals surface area contributed by atoms with E-state index in [1.165, 1.54) is 16.7 Å². The first-order valence-electron chi connectivity index (χ1n) is 9.29. The molecule has 0 aliphatic carbocycles. The van der Waals surface area contributed by atoms with Gasteiger partial charge in [0, 0.05) is 26.1 Å². The van der Waals surface area contributed by atoms with Crippen LogP contribution in [-0.4, -0.2) is 63.8 Å². The summed E-state index contributed by atoms with van der Waals surface area (Å²) in [5.41, 5.74) is 0.865. The van der Waals surface area contributed by atoms with Crippen molar-refractivity contribution in [2.45, 2.75) is 19.3 Å². The van der Waals surface area contributed by atoms with Gasteiger partial charge in [0.25, 0.3) is 5.91 Å². The lowest BCUT2D eigenvalue weighted by Crippen LogP contribution is -2.41. The van der Waals surface area contributed by atoms with Crippen LogP contribution < -0.4 is 4.74 Å². The third-order valence-electron chi connectivity index (χ3n) is 5.03. The normalized spacial score (nSPS) is 19.1. The Kier molecular flexibility index (Phi) is 6.92. The minimum Gasteiger partial charge on any atom is -0.497 e. The first-order chi connectivity index (χ1) is 13.9. The molecule has 0 unspecified atom stereocenters. The first kappa shape index (κ1) is 21.3. The van der Waals surface area contributed by atoms with E-state index in [4.69, 9.17) is 22.1 Å². The van der Waals surface area contributed by atoms with Crippen LogP contribution in [0.2, 0.25) is 0 Å². The summed E-state index contributed by atoms with van der Waals surface area (Å²) < 4.78 is 5.57.